The van der Waals surface area contributed by atoms with Gasteiger partial charge in [0.25, 0.3) is 11.5 Å². The van der Waals surface area contributed by atoms with Crippen LogP contribution in [0.1, 0.15) is 10.4 Å². The highest BCUT2D eigenvalue weighted by atomic mass is 79.9. The first-order valence-electron chi connectivity index (χ1n) is 7.75. The van der Waals surface area contributed by atoms with Crippen LogP contribution >= 0.6 is 27.3 Å². The molecule has 0 saturated heterocycles. The van der Waals surface area contributed by atoms with Crippen LogP contribution in [-0.2, 0) is 0 Å². The van der Waals surface area contributed by atoms with E-state index in [1.165, 1.54) is 11.3 Å². The molecule has 0 fully saturated rings. The Hall–Kier alpha value is -2.77. The second-order valence-corrected chi connectivity index (χ2v) is 7.38. The fraction of sp³-hybridized carbons (Fsp3) is 0. The molecule has 26 heavy (non-hydrogen) atoms. The fourth-order valence-electron chi connectivity index (χ4n) is 2.59. The summed E-state index contributed by atoms with van der Waals surface area (Å²) in [7, 11) is 0. The van der Waals surface area contributed by atoms with Crippen LogP contribution in [-0.4, -0.2) is 15.9 Å². The van der Waals surface area contributed by atoms with Crippen LogP contribution in [0, 0.1) is 0 Å². The molecule has 128 valence electrons. The lowest BCUT2D eigenvalue weighted by atomic mass is 10.1. The summed E-state index contributed by atoms with van der Waals surface area (Å²) >= 11 is 4.74. The summed E-state index contributed by atoms with van der Waals surface area (Å²) in [6, 6.07) is 16.7. The average molecular weight is 426 g/mol. The average Bonchev–Trinajstić information content (AvgIpc) is 3.09. The number of anilines is 1. The number of rotatable bonds is 3. The number of nitrogens with one attached hydrogen (secondary N) is 2. The molecule has 0 atom stereocenters. The largest absolute Gasteiger partial charge is 0.321 e. The van der Waals surface area contributed by atoms with E-state index >= 15 is 0 Å². The Labute approximate surface area is 160 Å². The maximum absolute atomic E-state index is 12.5. The Kier molecular flexibility index (Phi) is 4.40. The van der Waals surface area contributed by atoms with Crippen molar-refractivity contribution in [2.75, 3.05) is 5.32 Å². The number of benzene rings is 2. The van der Waals surface area contributed by atoms with Crippen molar-refractivity contribution < 1.29 is 4.79 Å². The van der Waals surface area contributed by atoms with E-state index in [-0.39, 0.29) is 5.56 Å². The number of aromatic amines is 1. The summed E-state index contributed by atoms with van der Waals surface area (Å²) < 4.78 is 0.955. The van der Waals surface area contributed by atoms with Crippen LogP contribution in [0.15, 0.2) is 69.2 Å². The highest BCUT2D eigenvalue weighted by molar-refractivity contribution is 9.10. The highest BCUT2D eigenvalue weighted by Crippen LogP contribution is 2.27. The van der Waals surface area contributed by atoms with E-state index in [1.54, 1.807) is 12.1 Å². The van der Waals surface area contributed by atoms with Crippen LogP contribution in [0.5, 0.6) is 0 Å². The van der Waals surface area contributed by atoms with Crippen LogP contribution in [0.25, 0.3) is 22.2 Å². The third-order valence-electron chi connectivity index (χ3n) is 3.84. The number of halogens is 1. The first-order chi connectivity index (χ1) is 12.6. The summed E-state index contributed by atoms with van der Waals surface area (Å²) in [5, 5.41) is 5.81. The van der Waals surface area contributed by atoms with Crippen LogP contribution < -0.4 is 10.9 Å². The molecule has 5 nitrogen and oxygen atoms in total. The minimum atomic E-state index is -0.479. The first-order valence-corrected chi connectivity index (χ1v) is 9.42. The number of pyridine rings is 1. The Morgan fingerprint density at radius 2 is 1.96 bits per heavy atom. The molecule has 2 heterocycles. The molecule has 0 aliphatic rings. The number of aromatic nitrogens is 2. The number of hydrogen-bond donors (Lipinski definition) is 2. The van der Waals surface area contributed by atoms with Crippen molar-refractivity contribution in [1.29, 1.82) is 0 Å². The van der Waals surface area contributed by atoms with Gasteiger partial charge < -0.3 is 4.98 Å². The smallest absolute Gasteiger partial charge is 0.263 e. The molecule has 0 saturated carbocycles. The van der Waals surface area contributed by atoms with E-state index in [9.17, 15) is 9.59 Å². The zero-order valence-corrected chi connectivity index (χ0v) is 15.7. The topological polar surface area (TPSA) is 74.8 Å². The van der Waals surface area contributed by atoms with Crippen molar-refractivity contribution in [3.63, 3.8) is 0 Å². The van der Waals surface area contributed by atoms with E-state index < -0.39 is 11.5 Å². The monoisotopic (exact) mass is 425 g/mol. The molecule has 0 unspecified atom stereocenters. The van der Waals surface area contributed by atoms with Crippen molar-refractivity contribution in [3.05, 3.63) is 80.4 Å². The van der Waals surface area contributed by atoms with Gasteiger partial charge in [-0.15, -0.1) is 11.3 Å². The number of thiazole rings is 1. The molecular weight excluding hydrogens is 414 g/mol. The number of fused-ring (bicyclic) bond motifs is 1. The molecule has 0 bridgehead atoms. The van der Waals surface area contributed by atoms with Crippen LogP contribution in [0.3, 0.4) is 0 Å². The summed E-state index contributed by atoms with van der Waals surface area (Å²) in [5.74, 6) is -0.479. The minimum absolute atomic E-state index is 0.0582. The second-order valence-electron chi connectivity index (χ2n) is 5.60. The molecule has 7 heteroatoms. The van der Waals surface area contributed by atoms with Gasteiger partial charge >= 0.3 is 0 Å². The lowest BCUT2D eigenvalue weighted by molar-refractivity contribution is 0.102. The number of para-hydroxylation sites is 1. The molecule has 4 aromatic rings. The number of amides is 1. The van der Waals surface area contributed by atoms with Crippen LogP contribution in [0.2, 0.25) is 0 Å². The molecule has 0 aliphatic heterocycles. The predicted octanol–water partition coefficient (Wildman–Crippen LogP) is 4.67. The normalized spacial score (nSPS) is 10.8. The third-order valence-corrected chi connectivity index (χ3v) is 5.09. The third kappa shape index (κ3) is 3.31. The van der Waals surface area contributed by atoms with E-state index in [0.717, 1.165) is 21.1 Å². The van der Waals surface area contributed by atoms with Gasteiger partial charge in [-0.25, -0.2) is 4.98 Å². The summed E-state index contributed by atoms with van der Waals surface area (Å²) in [6.07, 6.45) is 0. The lowest BCUT2D eigenvalue weighted by Gasteiger charge is -2.03. The second kappa shape index (κ2) is 6.86. The van der Waals surface area contributed by atoms with Crippen molar-refractivity contribution in [2.45, 2.75) is 0 Å². The Morgan fingerprint density at radius 3 is 2.81 bits per heavy atom. The first kappa shape index (κ1) is 16.7. The Bertz CT molecular complexity index is 1180. The minimum Gasteiger partial charge on any atom is -0.321 e. The standard InChI is InChI=1S/C19H12BrN3O2S/c20-13-6-3-5-11(8-13)16-10-26-19(22-16)23-18(25)14-9-12-4-1-2-7-15(12)21-17(14)24/h1-10H,(H,21,24)(H,22,23,25). The molecule has 0 aliphatic carbocycles. The van der Waals surface area contributed by atoms with E-state index in [2.05, 4.69) is 31.2 Å². The van der Waals surface area contributed by atoms with Crippen molar-refractivity contribution in [3.8, 4) is 11.3 Å². The highest BCUT2D eigenvalue weighted by Gasteiger charge is 2.14. The van der Waals surface area contributed by atoms with Gasteiger partial charge in [0.15, 0.2) is 5.13 Å². The van der Waals surface area contributed by atoms with E-state index in [0.29, 0.717) is 10.6 Å². The number of carbonyl (C=O) groups excluding carboxylic acids is 1. The molecule has 0 spiro atoms. The maximum Gasteiger partial charge on any atom is 0.263 e. The zero-order chi connectivity index (χ0) is 18.1. The van der Waals surface area contributed by atoms with Gasteiger partial charge in [0.05, 0.1) is 5.69 Å². The summed E-state index contributed by atoms with van der Waals surface area (Å²) in [5.41, 5.74) is 2.03. The van der Waals surface area contributed by atoms with Gasteiger partial charge in [0, 0.05) is 20.9 Å². The van der Waals surface area contributed by atoms with Gasteiger partial charge in [-0.05, 0) is 29.7 Å². The lowest BCUT2D eigenvalue weighted by Crippen LogP contribution is -2.22. The van der Waals surface area contributed by atoms with E-state index in [1.807, 2.05) is 47.8 Å². The Balaban J connectivity index is 1.61. The number of H-pyrrole nitrogens is 1. The van der Waals surface area contributed by atoms with E-state index in [4.69, 9.17) is 0 Å². The van der Waals surface area contributed by atoms with Crippen molar-refractivity contribution in [1.82, 2.24) is 9.97 Å². The maximum atomic E-state index is 12.5. The number of hydrogen-bond acceptors (Lipinski definition) is 4. The summed E-state index contributed by atoms with van der Waals surface area (Å²) in [6.45, 7) is 0. The molecular formula is C19H12BrN3O2S. The van der Waals surface area contributed by atoms with Gasteiger partial charge in [0.1, 0.15) is 5.56 Å². The predicted molar refractivity (Wildman–Crippen MR) is 108 cm³/mol. The number of carbonyl (C=O) groups is 1. The molecule has 2 aromatic carbocycles. The molecule has 2 aromatic heterocycles. The quantitative estimate of drug-likeness (QED) is 0.500. The zero-order valence-electron chi connectivity index (χ0n) is 13.3. The molecule has 4 rings (SSSR count). The molecule has 2 N–H and O–H groups in total. The molecule has 0 radical (unpaired) electrons. The summed E-state index contributed by atoms with van der Waals surface area (Å²) in [4.78, 5) is 31.9. The van der Waals surface area contributed by atoms with Gasteiger partial charge in [-0.3, -0.25) is 14.9 Å². The van der Waals surface area contributed by atoms with Crippen LogP contribution in [0.4, 0.5) is 5.13 Å². The van der Waals surface area contributed by atoms with Gasteiger partial charge in [0.2, 0.25) is 0 Å². The Morgan fingerprint density at radius 1 is 1.12 bits per heavy atom. The van der Waals surface area contributed by atoms with Crippen molar-refractivity contribution in [2.24, 2.45) is 0 Å². The molecule has 1 amide bonds. The number of nitrogens with zero attached hydrogens (tertiary/aromatic N) is 1. The van der Waals surface area contributed by atoms with Gasteiger partial charge in [-0.1, -0.05) is 46.3 Å². The van der Waals surface area contributed by atoms with Gasteiger partial charge in [-0.2, -0.15) is 0 Å². The van der Waals surface area contributed by atoms with Crippen molar-refractivity contribution >= 4 is 49.2 Å². The fourth-order valence-corrected chi connectivity index (χ4v) is 3.71. The SMILES string of the molecule is O=C(Nc1nc(-c2cccc(Br)c2)cs1)c1cc2ccccc2[nH]c1=O.